The minimum absolute atomic E-state index is 0.246. The lowest BCUT2D eigenvalue weighted by Crippen LogP contribution is -1.76. The first kappa shape index (κ1) is 12.2. The summed E-state index contributed by atoms with van der Waals surface area (Å²) in [6, 6.07) is 5.14. The van der Waals surface area contributed by atoms with Gasteiger partial charge in [0.25, 0.3) is 0 Å². The first-order valence-corrected chi connectivity index (χ1v) is 6.76. The molecule has 1 N–H and O–H groups in total. The average molecular weight is 340 g/mol. The molecule has 0 atom stereocenters. The number of furan rings is 2. The van der Waals surface area contributed by atoms with E-state index in [1.807, 2.05) is 0 Å². The van der Waals surface area contributed by atoms with Crippen molar-refractivity contribution in [1.29, 1.82) is 0 Å². The first-order chi connectivity index (χ1) is 9.26. The zero-order valence-corrected chi connectivity index (χ0v) is 11.7. The Hall–Kier alpha value is -1.80. The molecular formula is C11H6BrN3O3S. The van der Waals surface area contributed by atoms with Crippen LogP contribution >= 0.6 is 27.7 Å². The smallest absolute Gasteiger partial charge is 0.216 e. The number of nitrogens with one attached hydrogen (secondary N) is 1. The molecule has 3 heterocycles. The number of carbonyl (C=O) groups is 1. The van der Waals surface area contributed by atoms with Gasteiger partial charge in [0, 0.05) is 6.07 Å². The standard InChI is InChI=1S/C11H6BrN3O3S/c12-7-4-6(5-16)18-10(7)19-11-13-9(14-15-11)8-2-1-3-17-8/h1-5H,(H,13,14,15). The largest absolute Gasteiger partial charge is 0.461 e. The topological polar surface area (TPSA) is 84.9 Å². The predicted molar refractivity (Wildman–Crippen MR) is 70.0 cm³/mol. The van der Waals surface area contributed by atoms with Crippen LogP contribution in [0.3, 0.4) is 0 Å². The Kier molecular flexibility index (Phi) is 3.26. The van der Waals surface area contributed by atoms with E-state index < -0.39 is 0 Å². The zero-order valence-electron chi connectivity index (χ0n) is 9.29. The summed E-state index contributed by atoms with van der Waals surface area (Å²) in [6.45, 7) is 0. The number of rotatable bonds is 4. The number of aromatic amines is 1. The van der Waals surface area contributed by atoms with E-state index in [1.165, 1.54) is 11.8 Å². The third-order valence-corrected chi connectivity index (χ3v) is 3.90. The number of nitrogens with zero attached hydrogens (tertiary/aromatic N) is 2. The van der Waals surface area contributed by atoms with Gasteiger partial charge in [0.15, 0.2) is 28.7 Å². The van der Waals surface area contributed by atoms with Crippen LogP contribution in [-0.4, -0.2) is 21.5 Å². The van der Waals surface area contributed by atoms with Crippen molar-refractivity contribution >= 4 is 34.0 Å². The molecule has 0 aliphatic carbocycles. The number of hydrogen-bond acceptors (Lipinski definition) is 6. The fraction of sp³-hybridized carbons (Fsp3) is 0. The summed E-state index contributed by atoms with van der Waals surface area (Å²) in [6.07, 6.45) is 2.20. The van der Waals surface area contributed by atoms with Gasteiger partial charge in [-0.15, -0.1) is 5.10 Å². The highest BCUT2D eigenvalue weighted by Gasteiger charge is 2.14. The molecule has 0 unspecified atom stereocenters. The molecule has 6 nitrogen and oxygen atoms in total. The van der Waals surface area contributed by atoms with E-state index in [-0.39, 0.29) is 5.76 Å². The van der Waals surface area contributed by atoms with Gasteiger partial charge < -0.3 is 8.83 Å². The molecule has 0 saturated heterocycles. The number of halogens is 1. The van der Waals surface area contributed by atoms with Gasteiger partial charge in [-0.3, -0.25) is 9.89 Å². The van der Waals surface area contributed by atoms with Crippen LogP contribution in [0.1, 0.15) is 10.6 Å². The van der Waals surface area contributed by atoms with Gasteiger partial charge in [-0.1, -0.05) is 0 Å². The van der Waals surface area contributed by atoms with E-state index in [0.29, 0.717) is 32.6 Å². The normalized spacial score (nSPS) is 10.8. The van der Waals surface area contributed by atoms with E-state index in [1.54, 1.807) is 24.5 Å². The quantitative estimate of drug-likeness (QED) is 0.733. The molecule has 0 aliphatic rings. The number of H-pyrrole nitrogens is 1. The SMILES string of the molecule is O=Cc1cc(Br)c(Sc2n[nH]c(-c3ccco3)n2)o1. The Morgan fingerprint density at radius 2 is 2.37 bits per heavy atom. The molecule has 8 heteroatoms. The minimum atomic E-state index is 0.246. The molecule has 3 aromatic heterocycles. The van der Waals surface area contributed by atoms with Crippen LogP contribution in [0.15, 0.2) is 48.0 Å². The molecule has 0 aromatic carbocycles. The Bertz CT molecular complexity index is 705. The highest BCUT2D eigenvalue weighted by molar-refractivity contribution is 9.10. The van der Waals surface area contributed by atoms with Gasteiger partial charge in [-0.25, -0.2) is 0 Å². The molecule has 0 saturated carbocycles. The Morgan fingerprint density at radius 1 is 1.47 bits per heavy atom. The molecule has 0 bridgehead atoms. The lowest BCUT2D eigenvalue weighted by Gasteiger charge is -1.91. The van der Waals surface area contributed by atoms with Crippen LogP contribution in [0.25, 0.3) is 11.6 Å². The summed E-state index contributed by atoms with van der Waals surface area (Å²) in [4.78, 5) is 14.9. The third kappa shape index (κ3) is 2.49. The summed E-state index contributed by atoms with van der Waals surface area (Å²) in [5.74, 6) is 1.38. The monoisotopic (exact) mass is 339 g/mol. The Labute approximate surface area is 119 Å². The van der Waals surface area contributed by atoms with Crippen molar-refractivity contribution in [3.05, 3.63) is 34.7 Å². The van der Waals surface area contributed by atoms with E-state index in [2.05, 4.69) is 31.1 Å². The number of aromatic nitrogens is 3. The third-order valence-electron chi connectivity index (χ3n) is 2.19. The molecule has 3 aromatic rings. The Morgan fingerprint density at radius 3 is 3.05 bits per heavy atom. The van der Waals surface area contributed by atoms with Gasteiger partial charge >= 0.3 is 0 Å². The van der Waals surface area contributed by atoms with Gasteiger partial charge in [-0.2, -0.15) is 4.98 Å². The van der Waals surface area contributed by atoms with Crippen molar-refractivity contribution in [3.63, 3.8) is 0 Å². The number of carbonyl (C=O) groups excluding carboxylic acids is 1. The van der Waals surface area contributed by atoms with Crippen LogP contribution < -0.4 is 0 Å². The minimum Gasteiger partial charge on any atom is -0.461 e. The molecular weight excluding hydrogens is 334 g/mol. The van der Waals surface area contributed by atoms with Crippen LogP contribution in [0, 0.1) is 0 Å². The zero-order chi connectivity index (χ0) is 13.2. The van der Waals surface area contributed by atoms with Crippen molar-refractivity contribution in [1.82, 2.24) is 15.2 Å². The van der Waals surface area contributed by atoms with E-state index in [9.17, 15) is 4.79 Å². The molecule has 0 radical (unpaired) electrons. The second-order valence-electron chi connectivity index (χ2n) is 3.45. The van der Waals surface area contributed by atoms with Crippen molar-refractivity contribution < 1.29 is 13.6 Å². The first-order valence-electron chi connectivity index (χ1n) is 5.15. The van der Waals surface area contributed by atoms with Crippen LogP contribution in [-0.2, 0) is 0 Å². The maximum atomic E-state index is 10.6. The van der Waals surface area contributed by atoms with Crippen molar-refractivity contribution in [2.45, 2.75) is 10.2 Å². The molecule has 0 fully saturated rings. The summed E-state index contributed by atoms with van der Waals surface area (Å²) in [5, 5.41) is 7.80. The van der Waals surface area contributed by atoms with Crippen molar-refractivity contribution in [3.8, 4) is 11.6 Å². The van der Waals surface area contributed by atoms with Crippen LogP contribution in [0.2, 0.25) is 0 Å². The highest BCUT2D eigenvalue weighted by Crippen LogP contribution is 2.34. The summed E-state index contributed by atoms with van der Waals surface area (Å²) < 4.78 is 11.2. The molecule has 0 spiro atoms. The molecule has 3 rings (SSSR count). The van der Waals surface area contributed by atoms with Crippen molar-refractivity contribution in [2.75, 3.05) is 0 Å². The van der Waals surface area contributed by atoms with E-state index in [4.69, 9.17) is 8.83 Å². The molecule has 0 aliphatic heterocycles. The molecule has 96 valence electrons. The second-order valence-corrected chi connectivity index (χ2v) is 5.24. The maximum Gasteiger partial charge on any atom is 0.216 e. The molecule has 0 amide bonds. The van der Waals surface area contributed by atoms with E-state index in [0.717, 1.165) is 0 Å². The van der Waals surface area contributed by atoms with Gasteiger partial charge in [0.05, 0.1) is 10.7 Å². The lowest BCUT2D eigenvalue weighted by molar-refractivity contribution is 0.109. The fourth-order valence-electron chi connectivity index (χ4n) is 1.40. The van der Waals surface area contributed by atoms with Gasteiger partial charge in [0.1, 0.15) is 0 Å². The second kappa shape index (κ2) is 5.06. The van der Waals surface area contributed by atoms with Crippen LogP contribution in [0.4, 0.5) is 0 Å². The molecule has 19 heavy (non-hydrogen) atoms. The van der Waals surface area contributed by atoms with E-state index >= 15 is 0 Å². The summed E-state index contributed by atoms with van der Waals surface area (Å²) in [7, 11) is 0. The summed E-state index contributed by atoms with van der Waals surface area (Å²) in [5.41, 5.74) is 0. The average Bonchev–Trinajstić information content (AvgIpc) is 3.11. The Balaban J connectivity index is 1.84. The summed E-state index contributed by atoms with van der Waals surface area (Å²) >= 11 is 4.50. The van der Waals surface area contributed by atoms with Gasteiger partial charge in [0.2, 0.25) is 5.16 Å². The maximum absolute atomic E-state index is 10.6. The van der Waals surface area contributed by atoms with Gasteiger partial charge in [-0.05, 0) is 39.8 Å². The van der Waals surface area contributed by atoms with Crippen LogP contribution in [0.5, 0.6) is 0 Å². The predicted octanol–water partition coefficient (Wildman–Crippen LogP) is 3.38. The lowest BCUT2D eigenvalue weighted by atomic mass is 10.4. The fourth-order valence-corrected chi connectivity index (χ4v) is 2.63. The highest BCUT2D eigenvalue weighted by atomic mass is 79.9. The number of hydrogen-bond donors (Lipinski definition) is 1. The van der Waals surface area contributed by atoms with Crippen molar-refractivity contribution in [2.24, 2.45) is 0 Å². The number of aldehydes is 1.